The summed E-state index contributed by atoms with van der Waals surface area (Å²) >= 11 is 0. The van der Waals surface area contributed by atoms with Gasteiger partial charge in [0.1, 0.15) is 0 Å². The number of amides is 2. The Balaban J connectivity index is 1.59. The van der Waals surface area contributed by atoms with Crippen LogP contribution in [0.3, 0.4) is 0 Å². The van der Waals surface area contributed by atoms with E-state index in [-0.39, 0.29) is 17.9 Å². The number of aryl methyl sites for hydroxylation is 1. The van der Waals surface area contributed by atoms with Crippen molar-refractivity contribution in [3.63, 3.8) is 0 Å². The molecule has 2 aliphatic rings. The first-order valence-corrected chi connectivity index (χ1v) is 9.27. The number of aromatic nitrogens is 2. The van der Waals surface area contributed by atoms with Crippen LogP contribution in [0.1, 0.15) is 33.1 Å². The van der Waals surface area contributed by atoms with Crippen molar-refractivity contribution in [3.05, 3.63) is 12.4 Å². The maximum absolute atomic E-state index is 13.0. The molecule has 0 bridgehead atoms. The first-order chi connectivity index (χ1) is 12.0. The van der Waals surface area contributed by atoms with Gasteiger partial charge in [-0.3, -0.25) is 19.2 Å². The molecule has 2 amide bonds. The van der Waals surface area contributed by atoms with Crippen LogP contribution in [-0.4, -0.2) is 70.2 Å². The Kier molecular flexibility index (Phi) is 5.42. The predicted octanol–water partition coefficient (Wildman–Crippen LogP) is 1.11. The Morgan fingerprint density at radius 3 is 2.56 bits per heavy atom. The van der Waals surface area contributed by atoms with Gasteiger partial charge in [0.15, 0.2) is 0 Å². The van der Waals surface area contributed by atoms with Gasteiger partial charge in [0.05, 0.1) is 17.9 Å². The Hall–Kier alpha value is -1.89. The van der Waals surface area contributed by atoms with Gasteiger partial charge in [-0.1, -0.05) is 13.8 Å². The van der Waals surface area contributed by atoms with Gasteiger partial charge in [-0.15, -0.1) is 0 Å². The Morgan fingerprint density at radius 2 is 1.96 bits per heavy atom. The smallest absolute Gasteiger partial charge is 0.244 e. The Morgan fingerprint density at radius 1 is 1.24 bits per heavy atom. The molecular weight excluding hydrogens is 318 g/mol. The zero-order valence-corrected chi connectivity index (χ0v) is 15.5. The largest absolute Gasteiger partial charge is 0.340 e. The lowest BCUT2D eigenvalue weighted by atomic mass is 10.0. The van der Waals surface area contributed by atoms with Crippen molar-refractivity contribution >= 4 is 17.5 Å². The molecule has 0 radical (unpaired) electrons. The third-order valence-electron chi connectivity index (χ3n) is 5.10. The molecule has 3 rings (SSSR count). The van der Waals surface area contributed by atoms with Crippen molar-refractivity contribution in [2.75, 3.05) is 37.6 Å². The number of hydrogen-bond acceptors (Lipinski definition) is 4. The Bertz CT molecular complexity index is 619. The van der Waals surface area contributed by atoms with Crippen LogP contribution in [0.25, 0.3) is 0 Å². The number of carbonyl (C=O) groups excluding carboxylic acids is 2. The minimum absolute atomic E-state index is 0.0729. The zero-order chi connectivity index (χ0) is 18.0. The van der Waals surface area contributed by atoms with Crippen molar-refractivity contribution in [1.29, 1.82) is 0 Å². The summed E-state index contributed by atoms with van der Waals surface area (Å²) in [4.78, 5) is 31.2. The fourth-order valence-electron chi connectivity index (χ4n) is 3.76. The molecule has 138 valence electrons. The highest BCUT2D eigenvalue weighted by Gasteiger charge is 2.36. The number of hydrogen-bond donors (Lipinski definition) is 0. The van der Waals surface area contributed by atoms with Gasteiger partial charge in [0.2, 0.25) is 11.8 Å². The second-order valence-corrected chi connectivity index (χ2v) is 7.53. The maximum atomic E-state index is 13.0. The Labute approximate surface area is 149 Å². The van der Waals surface area contributed by atoms with Crippen LogP contribution in [0, 0.1) is 5.92 Å². The summed E-state index contributed by atoms with van der Waals surface area (Å²) < 4.78 is 1.73. The standard InChI is InChI=1S/C18H29N5O2/c1-14(2)11-17(24)22-9-7-21(8-10-22)16-5-4-6-23(18(16)25)15-12-19-20(3)13-15/h12-14,16H,4-11H2,1-3H3. The van der Waals surface area contributed by atoms with Gasteiger partial charge < -0.3 is 9.80 Å². The lowest BCUT2D eigenvalue weighted by molar-refractivity contribution is -0.135. The van der Waals surface area contributed by atoms with E-state index in [1.165, 1.54) is 0 Å². The molecule has 1 aromatic rings. The normalized spacial score (nSPS) is 22.7. The summed E-state index contributed by atoms with van der Waals surface area (Å²) in [5, 5.41) is 4.18. The summed E-state index contributed by atoms with van der Waals surface area (Å²) in [6.07, 6.45) is 6.15. The van der Waals surface area contributed by atoms with Gasteiger partial charge >= 0.3 is 0 Å². The van der Waals surface area contributed by atoms with Crippen molar-refractivity contribution in [2.24, 2.45) is 13.0 Å². The maximum Gasteiger partial charge on any atom is 0.244 e. The summed E-state index contributed by atoms with van der Waals surface area (Å²) in [5.74, 6) is 0.793. The topological polar surface area (TPSA) is 61.7 Å². The fourth-order valence-corrected chi connectivity index (χ4v) is 3.76. The molecule has 0 aliphatic carbocycles. The molecule has 25 heavy (non-hydrogen) atoms. The molecule has 2 fully saturated rings. The molecule has 1 aromatic heterocycles. The molecule has 0 saturated carbocycles. The van der Waals surface area contributed by atoms with E-state index in [1.54, 1.807) is 10.9 Å². The van der Waals surface area contributed by atoms with E-state index in [0.29, 0.717) is 12.3 Å². The second-order valence-electron chi connectivity index (χ2n) is 7.53. The van der Waals surface area contributed by atoms with Crippen LogP contribution >= 0.6 is 0 Å². The van der Waals surface area contributed by atoms with Crippen LogP contribution in [0.5, 0.6) is 0 Å². The molecule has 1 atom stereocenters. The van der Waals surface area contributed by atoms with E-state index in [1.807, 2.05) is 23.0 Å². The number of piperidine rings is 1. The number of rotatable bonds is 4. The fraction of sp³-hybridized carbons (Fsp3) is 0.722. The average Bonchev–Trinajstić information content (AvgIpc) is 3.01. The molecule has 3 heterocycles. The monoisotopic (exact) mass is 347 g/mol. The first kappa shape index (κ1) is 17.9. The van der Waals surface area contributed by atoms with Crippen LogP contribution < -0.4 is 4.90 Å². The minimum atomic E-state index is -0.0729. The van der Waals surface area contributed by atoms with E-state index >= 15 is 0 Å². The summed E-state index contributed by atoms with van der Waals surface area (Å²) in [6, 6.07) is -0.0729. The van der Waals surface area contributed by atoms with Crippen molar-refractivity contribution in [2.45, 2.75) is 39.2 Å². The molecule has 7 nitrogen and oxygen atoms in total. The molecular formula is C18H29N5O2. The van der Waals surface area contributed by atoms with Crippen LogP contribution in [0.15, 0.2) is 12.4 Å². The first-order valence-electron chi connectivity index (χ1n) is 9.27. The van der Waals surface area contributed by atoms with E-state index in [0.717, 1.165) is 51.3 Å². The minimum Gasteiger partial charge on any atom is -0.340 e. The third-order valence-corrected chi connectivity index (χ3v) is 5.10. The number of nitrogens with zero attached hydrogens (tertiary/aromatic N) is 5. The van der Waals surface area contributed by atoms with E-state index in [9.17, 15) is 9.59 Å². The van der Waals surface area contributed by atoms with Crippen LogP contribution in [0.4, 0.5) is 5.69 Å². The van der Waals surface area contributed by atoms with Crippen molar-refractivity contribution in [3.8, 4) is 0 Å². The van der Waals surface area contributed by atoms with E-state index in [4.69, 9.17) is 0 Å². The highest BCUT2D eigenvalue weighted by Crippen LogP contribution is 2.24. The van der Waals surface area contributed by atoms with Gasteiger partial charge in [0, 0.05) is 52.4 Å². The summed E-state index contributed by atoms with van der Waals surface area (Å²) in [6.45, 7) is 7.91. The number of carbonyl (C=O) groups is 2. The van der Waals surface area contributed by atoms with Gasteiger partial charge in [-0.2, -0.15) is 5.10 Å². The molecule has 0 spiro atoms. The second kappa shape index (κ2) is 7.56. The molecule has 0 aromatic carbocycles. The quantitative estimate of drug-likeness (QED) is 0.818. The highest BCUT2D eigenvalue weighted by atomic mass is 16.2. The third kappa shape index (κ3) is 4.03. The van der Waals surface area contributed by atoms with Crippen LogP contribution in [-0.2, 0) is 16.6 Å². The molecule has 7 heteroatoms. The summed E-state index contributed by atoms with van der Waals surface area (Å²) in [7, 11) is 1.86. The molecule has 2 saturated heterocycles. The average molecular weight is 347 g/mol. The van der Waals surface area contributed by atoms with Gasteiger partial charge in [-0.25, -0.2) is 0 Å². The lowest BCUT2D eigenvalue weighted by Gasteiger charge is -2.42. The van der Waals surface area contributed by atoms with Gasteiger partial charge in [0.25, 0.3) is 0 Å². The molecule has 0 N–H and O–H groups in total. The zero-order valence-electron chi connectivity index (χ0n) is 15.5. The highest BCUT2D eigenvalue weighted by molar-refractivity contribution is 5.97. The SMILES string of the molecule is CC(C)CC(=O)N1CCN(C2CCCN(c3cnn(C)c3)C2=O)CC1. The van der Waals surface area contributed by atoms with E-state index in [2.05, 4.69) is 23.8 Å². The molecule has 1 unspecified atom stereocenters. The van der Waals surface area contributed by atoms with Gasteiger partial charge in [-0.05, 0) is 18.8 Å². The molecule has 2 aliphatic heterocycles. The van der Waals surface area contributed by atoms with Crippen molar-refractivity contribution in [1.82, 2.24) is 19.6 Å². The number of anilines is 1. The van der Waals surface area contributed by atoms with Crippen molar-refractivity contribution < 1.29 is 9.59 Å². The van der Waals surface area contributed by atoms with Crippen LogP contribution in [0.2, 0.25) is 0 Å². The van der Waals surface area contributed by atoms with E-state index < -0.39 is 0 Å². The predicted molar refractivity (Wildman–Crippen MR) is 96.2 cm³/mol. The number of piperazine rings is 1. The summed E-state index contributed by atoms with van der Waals surface area (Å²) in [5.41, 5.74) is 0.878. The lowest BCUT2D eigenvalue weighted by Crippen LogP contribution is -2.58.